The van der Waals surface area contributed by atoms with Crippen LogP contribution in [0.2, 0.25) is 0 Å². The van der Waals surface area contributed by atoms with Crippen molar-refractivity contribution in [2.24, 2.45) is 47.3 Å². The van der Waals surface area contributed by atoms with E-state index in [-0.39, 0.29) is 10.8 Å². The maximum atomic E-state index is 2.50. The Morgan fingerprint density at radius 3 is 0.921 bits per heavy atom. The van der Waals surface area contributed by atoms with E-state index in [4.69, 9.17) is 0 Å². The van der Waals surface area contributed by atoms with Gasteiger partial charge in [-0.05, 0) is 326 Å². The number of nitrogens with zero attached hydrogens (tertiary/aromatic N) is 3. The number of para-hydroxylation sites is 2. The van der Waals surface area contributed by atoms with E-state index in [1.165, 1.54) is 195 Å². The molecule has 126 heavy (non-hydrogen) atoms. The normalized spacial score (nSPS) is 21.6. The van der Waals surface area contributed by atoms with E-state index < -0.39 is 0 Å². The molecule has 4 heteroatoms. The van der Waals surface area contributed by atoms with Gasteiger partial charge in [-0.25, -0.2) is 0 Å². The van der Waals surface area contributed by atoms with E-state index in [1.54, 1.807) is 22.3 Å². The van der Waals surface area contributed by atoms with Gasteiger partial charge in [-0.15, -0.1) is 11.3 Å². The molecule has 8 fully saturated rings. The number of thiophene rings is 1. The fourth-order valence-electron chi connectivity index (χ4n) is 26.8. The molecule has 8 saturated carbocycles. The van der Waals surface area contributed by atoms with Crippen LogP contribution in [0.4, 0.5) is 34.1 Å². The van der Waals surface area contributed by atoms with Crippen LogP contribution in [0, 0.1) is 47.3 Å². The molecule has 2 spiro atoms. The molecule has 2 heterocycles. The molecule has 17 aromatic carbocycles. The number of fused-ring (bicyclic) bond motifs is 12. The second-order valence-corrected chi connectivity index (χ2v) is 38.9. The molecule has 0 atom stereocenters. The lowest BCUT2D eigenvalue weighted by atomic mass is 9.42. The van der Waals surface area contributed by atoms with Crippen molar-refractivity contribution in [1.29, 1.82) is 0 Å². The Balaban J connectivity index is 0.000000135. The van der Waals surface area contributed by atoms with E-state index in [0.717, 1.165) is 87.2 Å². The van der Waals surface area contributed by atoms with Gasteiger partial charge in [0, 0.05) is 81.6 Å². The summed E-state index contributed by atoms with van der Waals surface area (Å²) in [4.78, 5) is 4.78. The lowest BCUT2D eigenvalue weighted by molar-refractivity contribution is -0.0397. The third kappa shape index (κ3) is 11.7. The molecule has 3 nitrogen and oxygen atoms in total. The smallest absolute Gasteiger partial charge is 0.0541 e. The molecule has 10 aliphatic carbocycles. The molecule has 0 aliphatic heterocycles. The average molecular weight is 1640 g/mol. The van der Waals surface area contributed by atoms with Gasteiger partial charge in [0.15, 0.2) is 0 Å². The Hall–Kier alpha value is -13.6. The maximum absolute atomic E-state index is 2.50. The minimum absolute atomic E-state index is 0.142. The van der Waals surface area contributed by atoms with Gasteiger partial charge < -0.3 is 14.4 Å². The fraction of sp³-hybridized carbons (Fsp3) is 0.164. The zero-order chi connectivity index (χ0) is 82.7. The number of benzene rings is 17. The third-order valence-corrected chi connectivity index (χ3v) is 32.6. The molecule has 2 aromatic heterocycles. The Labute approximate surface area is 742 Å². The summed E-state index contributed by atoms with van der Waals surface area (Å²) in [6, 6.07) is 152. The number of aromatic nitrogens is 1. The van der Waals surface area contributed by atoms with Gasteiger partial charge in [0.1, 0.15) is 0 Å². The number of anilines is 6. The highest BCUT2D eigenvalue weighted by Gasteiger charge is 2.64. The van der Waals surface area contributed by atoms with E-state index in [0.29, 0.717) is 0 Å². The maximum Gasteiger partial charge on any atom is 0.0541 e. The summed E-state index contributed by atoms with van der Waals surface area (Å²) in [6.45, 7) is 0. The van der Waals surface area contributed by atoms with Crippen LogP contribution in [0.5, 0.6) is 0 Å². The molecule has 0 saturated heterocycles. The average Bonchev–Trinajstić information content (AvgIpc) is 1.50. The molecule has 19 aromatic rings. The summed E-state index contributed by atoms with van der Waals surface area (Å²) >= 11 is 1.87. The predicted octanol–water partition coefficient (Wildman–Crippen LogP) is 33.2. The fourth-order valence-corrected chi connectivity index (χ4v) is 27.9. The van der Waals surface area contributed by atoms with Crippen molar-refractivity contribution >= 4 is 87.4 Å². The largest absolute Gasteiger partial charge is 0.311 e. The second-order valence-electron chi connectivity index (χ2n) is 37.8. The van der Waals surface area contributed by atoms with Crippen molar-refractivity contribution < 1.29 is 0 Å². The van der Waals surface area contributed by atoms with E-state index >= 15 is 0 Å². The molecule has 0 radical (unpaired) electrons. The van der Waals surface area contributed by atoms with Crippen LogP contribution in [0.15, 0.2) is 406 Å². The van der Waals surface area contributed by atoms with Crippen LogP contribution < -0.4 is 9.80 Å². The summed E-state index contributed by atoms with van der Waals surface area (Å²) in [7, 11) is 0. The van der Waals surface area contributed by atoms with Crippen LogP contribution >= 0.6 is 11.3 Å². The van der Waals surface area contributed by atoms with Crippen molar-refractivity contribution in [3.05, 3.63) is 429 Å². The lowest BCUT2D eigenvalue weighted by Crippen LogP contribution is -2.55. The topological polar surface area (TPSA) is 11.4 Å². The summed E-state index contributed by atoms with van der Waals surface area (Å²) in [5, 5.41) is 5.18. The summed E-state index contributed by atoms with van der Waals surface area (Å²) < 4.78 is 5.02. The Bertz CT molecular complexity index is 7320. The Morgan fingerprint density at radius 1 is 0.214 bits per heavy atom. The van der Waals surface area contributed by atoms with E-state index in [1.807, 2.05) is 11.3 Å². The first kappa shape index (κ1) is 73.8. The minimum atomic E-state index is 0.142. The van der Waals surface area contributed by atoms with Crippen LogP contribution in [-0.2, 0) is 10.8 Å². The molecule has 0 unspecified atom stereocenters. The molecule has 10 aliphatic rings. The highest BCUT2D eigenvalue weighted by molar-refractivity contribution is 7.25. The zero-order valence-electron chi connectivity index (χ0n) is 70.6. The first-order valence-electron chi connectivity index (χ1n) is 46.2. The van der Waals surface area contributed by atoms with Crippen molar-refractivity contribution in [3.8, 4) is 94.7 Å². The van der Waals surface area contributed by atoms with Gasteiger partial charge in [0.25, 0.3) is 0 Å². The highest BCUT2D eigenvalue weighted by atomic mass is 32.1. The van der Waals surface area contributed by atoms with Gasteiger partial charge in [-0.1, -0.05) is 303 Å². The molecule has 8 bridgehead atoms. The zero-order valence-corrected chi connectivity index (χ0v) is 71.4. The summed E-state index contributed by atoms with van der Waals surface area (Å²) in [5.41, 5.74) is 38.5. The predicted molar refractivity (Wildman–Crippen MR) is 529 cm³/mol. The number of hydrogen-bond acceptors (Lipinski definition) is 3. The van der Waals surface area contributed by atoms with Crippen molar-refractivity contribution in [1.82, 2.24) is 4.57 Å². The second kappa shape index (κ2) is 29.5. The van der Waals surface area contributed by atoms with E-state index in [2.05, 4.69) is 421 Å². The quantitative estimate of drug-likeness (QED) is 0.114. The van der Waals surface area contributed by atoms with Crippen molar-refractivity contribution in [2.75, 3.05) is 9.80 Å². The SMILES string of the molecule is c1ccc(-c2ccc(N(c3ccc(-c4ccc(-c5cccc6c5C5(c7ccccc7-6)C6CC7CC(C6)CC5C7)cc4)cc3)c3ccc(-n4c5ccccc5c5ccccc54)cc3)cc2)cc1.c1ccc(-c2ccc(N(c3ccc(-c4ccc(-c5cccc6c5C5(c7ccccc7-6)C6CC7CC(C6)CC5C7)cc4)cc3)c3ccc4c(c3)sc3ccccc34)cc2)cc1. The van der Waals surface area contributed by atoms with E-state index in [9.17, 15) is 0 Å². The van der Waals surface area contributed by atoms with Gasteiger partial charge in [-0.3, -0.25) is 0 Å². The lowest BCUT2D eigenvalue weighted by Gasteiger charge is -2.61. The van der Waals surface area contributed by atoms with Crippen LogP contribution in [0.1, 0.15) is 86.5 Å². The third-order valence-electron chi connectivity index (χ3n) is 31.5. The molecular formula is C122H95N3S. The number of rotatable bonds is 13. The van der Waals surface area contributed by atoms with Gasteiger partial charge >= 0.3 is 0 Å². The summed E-state index contributed by atoms with van der Waals surface area (Å²) in [6.07, 6.45) is 14.1. The Morgan fingerprint density at radius 2 is 0.508 bits per heavy atom. The monoisotopic (exact) mass is 1630 g/mol. The molecule has 29 rings (SSSR count). The van der Waals surface area contributed by atoms with Crippen LogP contribution in [-0.4, -0.2) is 4.57 Å². The molecule has 0 N–H and O–H groups in total. The van der Waals surface area contributed by atoms with Crippen LogP contribution in [0.3, 0.4) is 0 Å². The first-order valence-corrected chi connectivity index (χ1v) is 47.0. The standard InChI is InChI=1S/C64H50N2.C58H45NS/c1-2-11-44(12-3-1)46-25-29-51(30-26-46)65(53-33-35-54(36-34-53)66-61-19-8-5-14-57(61)58-15-6-9-20-62(58)66)52-31-27-47(28-32-52)45-21-23-48(24-22-45)55-16-10-17-59-56-13-4-7-18-60(56)64(63(55)59)49-38-42-37-43(40-49)41-50(64)39-42;1-2-9-39(10-3-1)41-21-25-46(26-22-41)59(48-29-30-52-51-12-5-7-16-55(51)60-56(52)36-48)47-27-23-42(24-28-47)40-17-19-43(20-18-40)49-13-8-14-53-50-11-4-6-15-54(50)58(57(49)53)44-32-37-31-38(34-44)35-45(58)33-37/h1-36,42-43,49-50H,37-41H2;1-30,36-38,44-45H,31-35H2. The molecule has 604 valence electrons. The van der Waals surface area contributed by atoms with Gasteiger partial charge in [0.05, 0.1) is 11.0 Å². The first-order chi connectivity index (χ1) is 62.4. The minimum Gasteiger partial charge on any atom is -0.311 e. The van der Waals surface area contributed by atoms with Crippen LogP contribution in [0.25, 0.3) is 137 Å². The number of hydrogen-bond donors (Lipinski definition) is 0. The van der Waals surface area contributed by atoms with Gasteiger partial charge in [0.2, 0.25) is 0 Å². The van der Waals surface area contributed by atoms with Crippen molar-refractivity contribution in [3.63, 3.8) is 0 Å². The van der Waals surface area contributed by atoms with Crippen molar-refractivity contribution in [2.45, 2.75) is 75.0 Å². The Kier molecular flexibility index (Phi) is 17.3. The molecular weight excluding hydrogens is 1540 g/mol. The molecule has 0 amide bonds. The highest BCUT2D eigenvalue weighted by Crippen LogP contribution is 2.73. The van der Waals surface area contributed by atoms with Gasteiger partial charge in [-0.2, -0.15) is 0 Å². The summed E-state index contributed by atoms with van der Waals surface area (Å²) in [5.74, 6) is 6.72.